The highest BCUT2D eigenvalue weighted by molar-refractivity contribution is 6.30. The molecular formula is C20H17ClN4O. The number of ether oxygens (including phenoxy) is 1. The van der Waals surface area contributed by atoms with E-state index in [1.807, 2.05) is 65.5 Å². The van der Waals surface area contributed by atoms with Gasteiger partial charge in [-0.2, -0.15) is 5.10 Å². The van der Waals surface area contributed by atoms with Crippen molar-refractivity contribution in [2.75, 3.05) is 12.4 Å². The zero-order valence-electron chi connectivity index (χ0n) is 14.2. The van der Waals surface area contributed by atoms with Crippen molar-refractivity contribution in [3.05, 3.63) is 77.6 Å². The molecule has 2 heterocycles. The van der Waals surface area contributed by atoms with Crippen molar-refractivity contribution in [1.29, 1.82) is 0 Å². The van der Waals surface area contributed by atoms with Crippen molar-refractivity contribution >= 4 is 34.0 Å². The average Bonchev–Trinajstić information content (AvgIpc) is 2.99. The zero-order chi connectivity index (χ0) is 17.9. The third kappa shape index (κ3) is 3.34. The third-order valence-corrected chi connectivity index (χ3v) is 4.34. The Kier molecular flexibility index (Phi) is 4.46. The number of methoxy groups -OCH3 is 1. The molecule has 130 valence electrons. The molecule has 0 aliphatic heterocycles. The van der Waals surface area contributed by atoms with Gasteiger partial charge in [-0.15, -0.1) is 0 Å². The maximum Gasteiger partial charge on any atom is 0.160 e. The van der Waals surface area contributed by atoms with Crippen LogP contribution in [0.3, 0.4) is 0 Å². The van der Waals surface area contributed by atoms with Crippen LogP contribution in [0.1, 0.15) is 5.56 Å². The molecule has 0 aliphatic rings. The minimum atomic E-state index is 0.633. The first kappa shape index (κ1) is 16.4. The van der Waals surface area contributed by atoms with Crippen LogP contribution in [0, 0.1) is 0 Å². The largest absolute Gasteiger partial charge is 0.497 e. The van der Waals surface area contributed by atoms with Crippen molar-refractivity contribution < 1.29 is 4.74 Å². The number of anilines is 2. The third-order valence-electron chi connectivity index (χ3n) is 4.10. The molecule has 0 saturated heterocycles. The molecule has 0 saturated carbocycles. The SMILES string of the molecule is COc1ccc2c(c1)c(Nc1cccc(Cl)c1)nn2Cc1cccnc1. The lowest BCUT2D eigenvalue weighted by atomic mass is 10.2. The Labute approximate surface area is 156 Å². The van der Waals surface area contributed by atoms with E-state index in [9.17, 15) is 0 Å². The Morgan fingerprint density at radius 2 is 2.04 bits per heavy atom. The van der Waals surface area contributed by atoms with Gasteiger partial charge in [0.05, 0.1) is 19.2 Å². The first-order valence-electron chi connectivity index (χ1n) is 8.19. The Morgan fingerprint density at radius 1 is 1.12 bits per heavy atom. The summed E-state index contributed by atoms with van der Waals surface area (Å²) >= 11 is 6.10. The molecule has 0 fully saturated rings. The quantitative estimate of drug-likeness (QED) is 0.548. The Balaban J connectivity index is 1.78. The summed E-state index contributed by atoms with van der Waals surface area (Å²) in [7, 11) is 1.66. The van der Waals surface area contributed by atoms with Gasteiger partial charge in [-0.25, -0.2) is 0 Å². The summed E-state index contributed by atoms with van der Waals surface area (Å²) in [5.74, 6) is 1.54. The molecule has 4 aromatic rings. The first-order chi connectivity index (χ1) is 12.7. The number of hydrogen-bond acceptors (Lipinski definition) is 4. The van der Waals surface area contributed by atoms with Gasteiger partial charge in [-0.3, -0.25) is 9.67 Å². The molecule has 26 heavy (non-hydrogen) atoms. The van der Waals surface area contributed by atoms with E-state index < -0.39 is 0 Å². The second-order valence-corrected chi connectivity index (χ2v) is 6.32. The van der Waals surface area contributed by atoms with Crippen LogP contribution >= 0.6 is 11.6 Å². The standard InChI is InChI=1S/C20H17ClN4O/c1-26-17-7-8-19-18(11-17)20(23-16-6-2-5-15(21)10-16)24-25(19)13-14-4-3-9-22-12-14/h2-12H,13H2,1H3,(H,23,24). The lowest BCUT2D eigenvalue weighted by Crippen LogP contribution is -2.02. The lowest BCUT2D eigenvalue weighted by molar-refractivity contribution is 0.415. The fourth-order valence-corrected chi connectivity index (χ4v) is 3.06. The number of nitrogens with one attached hydrogen (secondary N) is 1. The number of benzene rings is 2. The molecule has 0 spiro atoms. The predicted molar refractivity (Wildman–Crippen MR) is 104 cm³/mol. The smallest absolute Gasteiger partial charge is 0.160 e. The van der Waals surface area contributed by atoms with Gasteiger partial charge >= 0.3 is 0 Å². The summed E-state index contributed by atoms with van der Waals surface area (Å²) < 4.78 is 7.34. The average molecular weight is 365 g/mol. The fourth-order valence-electron chi connectivity index (χ4n) is 2.87. The van der Waals surface area contributed by atoms with E-state index in [-0.39, 0.29) is 0 Å². The number of halogens is 1. The Hall–Kier alpha value is -3.05. The van der Waals surface area contributed by atoms with Crippen LogP contribution in [-0.2, 0) is 6.54 Å². The fraction of sp³-hybridized carbons (Fsp3) is 0.100. The minimum Gasteiger partial charge on any atom is -0.497 e. The van der Waals surface area contributed by atoms with Crippen molar-refractivity contribution in [1.82, 2.24) is 14.8 Å². The molecule has 0 radical (unpaired) electrons. The lowest BCUT2D eigenvalue weighted by Gasteiger charge is -2.04. The Morgan fingerprint density at radius 3 is 2.81 bits per heavy atom. The first-order valence-corrected chi connectivity index (χ1v) is 8.57. The number of nitrogens with zero attached hydrogens (tertiary/aromatic N) is 3. The summed E-state index contributed by atoms with van der Waals surface area (Å²) in [5, 5.41) is 9.77. The molecule has 0 amide bonds. The van der Waals surface area contributed by atoms with Crippen molar-refractivity contribution in [2.24, 2.45) is 0 Å². The van der Waals surface area contributed by atoms with Gasteiger partial charge in [0.2, 0.25) is 0 Å². The normalized spacial score (nSPS) is 10.8. The maximum atomic E-state index is 6.10. The van der Waals surface area contributed by atoms with Crippen molar-refractivity contribution in [2.45, 2.75) is 6.54 Å². The van der Waals surface area contributed by atoms with Crippen LogP contribution < -0.4 is 10.1 Å². The molecule has 1 N–H and O–H groups in total. The maximum absolute atomic E-state index is 6.10. The summed E-state index contributed by atoms with van der Waals surface area (Å²) in [5.41, 5.74) is 2.98. The molecule has 0 atom stereocenters. The highest BCUT2D eigenvalue weighted by Crippen LogP contribution is 2.30. The van der Waals surface area contributed by atoms with Gasteiger partial charge in [0.1, 0.15) is 5.75 Å². The number of fused-ring (bicyclic) bond motifs is 1. The summed E-state index contributed by atoms with van der Waals surface area (Å²) in [6.07, 6.45) is 3.61. The second kappa shape index (κ2) is 7.06. The van der Waals surface area contributed by atoms with Crippen LogP contribution in [0.4, 0.5) is 11.5 Å². The van der Waals surface area contributed by atoms with Crippen LogP contribution in [0.15, 0.2) is 67.0 Å². The molecule has 0 bridgehead atoms. The monoisotopic (exact) mass is 364 g/mol. The van der Waals surface area contributed by atoms with Crippen LogP contribution in [0.2, 0.25) is 5.02 Å². The highest BCUT2D eigenvalue weighted by atomic mass is 35.5. The highest BCUT2D eigenvalue weighted by Gasteiger charge is 2.12. The molecule has 5 nitrogen and oxygen atoms in total. The predicted octanol–water partition coefficient (Wildman–Crippen LogP) is 4.89. The molecule has 6 heteroatoms. The van der Waals surface area contributed by atoms with Crippen molar-refractivity contribution in [3.8, 4) is 5.75 Å². The van der Waals surface area contributed by atoms with E-state index >= 15 is 0 Å². The van der Waals surface area contributed by atoms with E-state index in [0.717, 1.165) is 33.7 Å². The number of rotatable bonds is 5. The van der Waals surface area contributed by atoms with Gasteiger partial charge in [0.25, 0.3) is 0 Å². The summed E-state index contributed by atoms with van der Waals surface area (Å²) in [6.45, 7) is 0.633. The summed E-state index contributed by atoms with van der Waals surface area (Å²) in [6, 6.07) is 17.5. The Bertz CT molecular complexity index is 1050. The number of pyridine rings is 1. The molecule has 2 aromatic heterocycles. The number of aromatic nitrogens is 3. The molecule has 2 aromatic carbocycles. The van der Waals surface area contributed by atoms with Crippen molar-refractivity contribution in [3.63, 3.8) is 0 Å². The van der Waals surface area contributed by atoms with Gasteiger partial charge in [0, 0.05) is 28.5 Å². The van der Waals surface area contributed by atoms with Gasteiger partial charge in [-0.05, 0) is 48.0 Å². The van der Waals surface area contributed by atoms with Gasteiger partial charge in [0.15, 0.2) is 5.82 Å². The van der Waals surface area contributed by atoms with Crippen LogP contribution in [0.5, 0.6) is 5.75 Å². The van der Waals surface area contributed by atoms with E-state index in [2.05, 4.69) is 10.3 Å². The molecule has 0 unspecified atom stereocenters. The van der Waals surface area contributed by atoms with E-state index in [4.69, 9.17) is 21.4 Å². The van der Waals surface area contributed by atoms with Crippen LogP contribution in [-0.4, -0.2) is 21.9 Å². The number of hydrogen-bond donors (Lipinski definition) is 1. The minimum absolute atomic E-state index is 0.633. The molecular weight excluding hydrogens is 348 g/mol. The van der Waals surface area contributed by atoms with E-state index in [1.165, 1.54) is 0 Å². The topological polar surface area (TPSA) is 52.0 Å². The van der Waals surface area contributed by atoms with E-state index in [1.54, 1.807) is 13.3 Å². The zero-order valence-corrected chi connectivity index (χ0v) is 14.9. The van der Waals surface area contributed by atoms with Gasteiger partial charge < -0.3 is 10.1 Å². The van der Waals surface area contributed by atoms with Gasteiger partial charge in [-0.1, -0.05) is 23.7 Å². The molecule has 0 aliphatic carbocycles. The molecule has 4 rings (SSSR count). The van der Waals surface area contributed by atoms with E-state index in [0.29, 0.717) is 11.6 Å². The second-order valence-electron chi connectivity index (χ2n) is 5.89. The van der Waals surface area contributed by atoms with Crippen LogP contribution in [0.25, 0.3) is 10.9 Å². The summed E-state index contributed by atoms with van der Waals surface area (Å²) in [4.78, 5) is 4.18.